The maximum atomic E-state index is 6.17. The van der Waals surface area contributed by atoms with Crippen LogP contribution in [0.1, 0.15) is 38.5 Å². The highest BCUT2D eigenvalue weighted by Crippen LogP contribution is 2.16. The van der Waals surface area contributed by atoms with Crippen LogP contribution < -0.4 is 0 Å². The minimum atomic E-state index is -1.77. The van der Waals surface area contributed by atoms with Gasteiger partial charge in [-0.05, 0) is 32.1 Å². The van der Waals surface area contributed by atoms with Gasteiger partial charge in [0, 0.05) is 6.61 Å². The highest BCUT2D eigenvalue weighted by Gasteiger charge is 2.26. The second-order valence-corrected chi connectivity index (χ2v) is 11.3. The van der Waals surface area contributed by atoms with Crippen LogP contribution in [0.4, 0.5) is 0 Å². The molecule has 0 aliphatic carbocycles. The second kappa shape index (κ2) is 6.83. The van der Waals surface area contributed by atoms with Crippen LogP contribution in [0.3, 0.4) is 0 Å². The summed E-state index contributed by atoms with van der Waals surface area (Å²) in [5, 5.41) is 0. The predicted octanol–water partition coefficient (Wildman–Crippen LogP) is 3.43. The van der Waals surface area contributed by atoms with Crippen LogP contribution in [0.15, 0.2) is 0 Å². The summed E-state index contributed by atoms with van der Waals surface area (Å²) in [6, 6.07) is 1.33. The molecule has 0 amide bonds. The summed E-state index contributed by atoms with van der Waals surface area (Å²) >= 11 is 0. The lowest BCUT2D eigenvalue weighted by Crippen LogP contribution is -2.40. The summed E-state index contributed by atoms with van der Waals surface area (Å²) < 4.78 is 12.1. The highest BCUT2D eigenvalue weighted by atomic mass is 28.4. The molecule has 1 aliphatic heterocycles. The van der Waals surface area contributed by atoms with Crippen molar-refractivity contribution in [1.82, 2.24) is 0 Å². The summed E-state index contributed by atoms with van der Waals surface area (Å²) in [6.45, 7) is 7.63. The Hall–Kier alpha value is 0.354. The van der Waals surface area contributed by atoms with Crippen molar-refractivity contribution in [2.45, 2.75) is 64.2 Å². The molecule has 0 bridgehead atoms. The largest absolute Gasteiger partial charge is 0.439 e. The first kappa shape index (κ1) is 13.4. The van der Waals surface area contributed by atoms with Gasteiger partial charge in [-0.25, -0.2) is 0 Å². The molecule has 1 aliphatic rings. The normalized spacial score (nSPS) is 30.2. The van der Waals surface area contributed by atoms with Crippen molar-refractivity contribution in [3.05, 3.63) is 0 Å². The molecule has 1 heterocycles. The van der Waals surface area contributed by atoms with Crippen molar-refractivity contribution >= 4 is 17.6 Å². The van der Waals surface area contributed by atoms with Crippen molar-refractivity contribution in [2.75, 3.05) is 6.61 Å². The molecule has 90 valence electrons. The van der Waals surface area contributed by atoms with Crippen molar-refractivity contribution in [1.29, 1.82) is 0 Å². The number of rotatable bonds is 0. The second-order valence-electron chi connectivity index (χ2n) is 5.09. The van der Waals surface area contributed by atoms with E-state index in [9.17, 15) is 0 Å². The zero-order valence-electron chi connectivity index (χ0n) is 10.6. The Bertz CT molecular complexity index is 174. The van der Waals surface area contributed by atoms with Crippen LogP contribution in [0.25, 0.3) is 0 Å². The molecular formula is C11H26O2Si2. The molecule has 1 atom stereocenters. The first-order chi connectivity index (χ1) is 7.10. The van der Waals surface area contributed by atoms with Crippen molar-refractivity contribution in [2.24, 2.45) is 0 Å². The molecule has 0 aromatic carbocycles. The molecule has 0 N–H and O–H groups in total. The van der Waals surface area contributed by atoms with Gasteiger partial charge in [0.2, 0.25) is 0 Å². The van der Waals surface area contributed by atoms with Gasteiger partial charge in [-0.3, -0.25) is 0 Å². The van der Waals surface area contributed by atoms with E-state index in [4.69, 9.17) is 8.54 Å². The molecule has 0 aromatic rings. The van der Waals surface area contributed by atoms with E-state index in [1.54, 1.807) is 0 Å². The van der Waals surface area contributed by atoms with E-state index in [0.717, 1.165) is 6.61 Å². The summed E-state index contributed by atoms with van der Waals surface area (Å²) in [6.07, 6.45) is 8.12. The molecule has 0 saturated carbocycles. The lowest BCUT2D eigenvalue weighted by molar-refractivity contribution is 0.240. The van der Waals surface area contributed by atoms with Crippen LogP contribution >= 0.6 is 0 Å². The van der Waals surface area contributed by atoms with Gasteiger partial charge < -0.3 is 8.54 Å². The first-order valence-corrected chi connectivity index (χ1v) is 11.7. The van der Waals surface area contributed by atoms with Gasteiger partial charge in [0.05, 0.1) is 0 Å². The zero-order chi connectivity index (χ0) is 11.1. The van der Waals surface area contributed by atoms with E-state index in [2.05, 4.69) is 19.6 Å². The lowest BCUT2D eigenvalue weighted by atomic mass is 10.1. The average Bonchev–Trinajstić information content (AvgIpc) is 2.12. The minimum Gasteiger partial charge on any atom is -0.439 e. The topological polar surface area (TPSA) is 18.5 Å². The maximum absolute atomic E-state index is 6.17. The Balaban J connectivity index is 2.36. The monoisotopic (exact) mass is 246 g/mol. The molecule has 1 rings (SSSR count). The van der Waals surface area contributed by atoms with E-state index in [-0.39, 0.29) is 0 Å². The van der Waals surface area contributed by atoms with Crippen molar-refractivity contribution in [3.8, 4) is 0 Å². The van der Waals surface area contributed by atoms with Crippen LogP contribution in [0.5, 0.6) is 0 Å². The van der Waals surface area contributed by atoms with Crippen LogP contribution in [0.2, 0.25) is 25.7 Å². The molecule has 0 radical (unpaired) electrons. The third kappa shape index (κ3) is 6.50. The van der Waals surface area contributed by atoms with Crippen LogP contribution in [-0.2, 0) is 8.54 Å². The molecule has 1 saturated heterocycles. The SMILES string of the molecule is C[SiH]1CCCCCCCCO[Si](C)(C)O1. The maximum Gasteiger partial charge on any atom is 0.321 e. The van der Waals surface area contributed by atoms with Crippen LogP contribution in [-0.4, -0.2) is 24.2 Å². The van der Waals surface area contributed by atoms with Gasteiger partial charge >= 0.3 is 8.56 Å². The molecule has 1 unspecified atom stereocenters. The Kier molecular flexibility index (Phi) is 6.11. The molecule has 4 heteroatoms. The fourth-order valence-corrected chi connectivity index (χ4v) is 8.26. The smallest absolute Gasteiger partial charge is 0.321 e. The molecular weight excluding hydrogens is 220 g/mol. The lowest BCUT2D eigenvalue weighted by Gasteiger charge is -2.27. The Morgan fingerprint density at radius 2 is 1.53 bits per heavy atom. The number of hydrogen-bond donors (Lipinski definition) is 0. The summed E-state index contributed by atoms with van der Waals surface area (Å²) in [5.41, 5.74) is 0. The van der Waals surface area contributed by atoms with Gasteiger partial charge in [-0.1, -0.05) is 32.1 Å². The third-order valence-corrected chi connectivity index (χ3v) is 8.94. The van der Waals surface area contributed by atoms with E-state index in [1.165, 1.54) is 44.6 Å². The molecule has 2 nitrogen and oxygen atoms in total. The molecule has 0 aromatic heterocycles. The molecule has 0 spiro atoms. The quantitative estimate of drug-likeness (QED) is 0.610. The van der Waals surface area contributed by atoms with E-state index < -0.39 is 17.6 Å². The van der Waals surface area contributed by atoms with Crippen molar-refractivity contribution < 1.29 is 8.54 Å². The van der Waals surface area contributed by atoms with Gasteiger partial charge in [-0.2, -0.15) is 0 Å². The summed E-state index contributed by atoms with van der Waals surface area (Å²) in [4.78, 5) is 0. The first-order valence-electron chi connectivity index (χ1n) is 6.42. The fourth-order valence-electron chi connectivity index (χ4n) is 2.14. The predicted molar refractivity (Wildman–Crippen MR) is 70.0 cm³/mol. The Labute approximate surface area is 97.3 Å². The van der Waals surface area contributed by atoms with E-state index in [0.29, 0.717) is 0 Å². The molecule has 15 heavy (non-hydrogen) atoms. The van der Waals surface area contributed by atoms with Gasteiger partial charge in [-0.15, -0.1) is 0 Å². The summed E-state index contributed by atoms with van der Waals surface area (Å²) in [7, 11) is -2.71. The highest BCUT2D eigenvalue weighted by molar-refractivity contribution is 6.73. The van der Waals surface area contributed by atoms with Crippen molar-refractivity contribution in [3.63, 3.8) is 0 Å². The van der Waals surface area contributed by atoms with E-state index >= 15 is 0 Å². The zero-order valence-corrected chi connectivity index (χ0v) is 12.7. The van der Waals surface area contributed by atoms with Crippen LogP contribution in [0, 0.1) is 0 Å². The molecule has 1 fully saturated rings. The van der Waals surface area contributed by atoms with Gasteiger partial charge in [0.25, 0.3) is 0 Å². The minimum absolute atomic E-state index is 0.917. The average molecular weight is 246 g/mol. The van der Waals surface area contributed by atoms with Gasteiger partial charge in [0.15, 0.2) is 9.04 Å². The van der Waals surface area contributed by atoms with Gasteiger partial charge in [0.1, 0.15) is 0 Å². The fraction of sp³-hybridized carbons (Fsp3) is 1.00. The summed E-state index contributed by atoms with van der Waals surface area (Å²) in [5.74, 6) is 0. The van der Waals surface area contributed by atoms with E-state index in [1.807, 2.05) is 0 Å². The Morgan fingerprint density at radius 1 is 0.933 bits per heavy atom. The Morgan fingerprint density at radius 3 is 2.27 bits per heavy atom. The standard InChI is InChI=1S/C11H26O2Si2/c1-14-11-9-7-5-4-6-8-10-12-15(2,3)13-14/h14H,4-11H2,1-3H3. The third-order valence-electron chi connectivity index (χ3n) is 2.94. The number of hydrogen-bond acceptors (Lipinski definition) is 2.